The van der Waals surface area contributed by atoms with E-state index in [0.717, 1.165) is 70.6 Å². The van der Waals surface area contributed by atoms with Gasteiger partial charge in [-0.25, -0.2) is 9.52 Å². The number of piperidine rings is 1. The number of amides is 2. The zero-order valence-electron chi connectivity index (χ0n) is 24.6. The lowest BCUT2D eigenvalue weighted by atomic mass is 9.41. The van der Waals surface area contributed by atoms with Gasteiger partial charge in [-0.15, -0.1) is 0 Å². The molecular formula is C30H53N3O5S. The second-order valence-electron chi connectivity index (χ2n) is 14.4. The first-order chi connectivity index (χ1) is 18.4. The summed E-state index contributed by atoms with van der Waals surface area (Å²) >= 11 is 0. The molecule has 4 saturated carbocycles. The van der Waals surface area contributed by atoms with Crippen molar-refractivity contribution in [3.05, 3.63) is 0 Å². The molecule has 8 nitrogen and oxygen atoms in total. The summed E-state index contributed by atoms with van der Waals surface area (Å²) in [5.74, 6) is 2.55. The van der Waals surface area contributed by atoms with E-state index in [1.165, 1.54) is 4.31 Å². The molecule has 0 bridgehead atoms. The molecule has 1 saturated heterocycles. The van der Waals surface area contributed by atoms with Gasteiger partial charge in [-0.3, -0.25) is 0 Å². The Labute approximate surface area is 236 Å². The van der Waals surface area contributed by atoms with Gasteiger partial charge in [0, 0.05) is 19.6 Å². The van der Waals surface area contributed by atoms with Gasteiger partial charge in [0.05, 0.1) is 12.2 Å². The van der Waals surface area contributed by atoms with Crippen molar-refractivity contribution in [1.82, 2.24) is 14.3 Å². The number of hydrogen-bond donors (Lipinski definition) is 4. The van der Waals surface area contributed by atoms with Gasteiger partial charge in [0.15, 0.2) is 0 Å². The Morgan fingerprint density at radius 2 is 1.64 bits per heavy atom. The van der Waals surface area contributed by atoms with E-state index in [1.54, 1.807) is 0 Å². The van der Waals surface area contributed by atoms with Crippen molar-refractivity contribution in [1.29, 1.82) is 0 Å². The number of rotatable bonds is 6. The van der Waals surface area contributed by atoms with E-state index in [4.69, 9.17) is 0 Å². The Hall–Kier alpha value is -0.900. The average molecular weight is 568 g/mol. The lowest BCUT2D eigenvalue weighted by Crippen LogP contribution is -2.62. The van der Waals surface area contributed by atoms with Crippen molar-refractivity contribution >= 4 is 16.2 Å². The lowest BCUT2D eigenvalue weighted by Gasteiger charge is -2.64. The first-order valence-electron chi connectivity index (χ1n) is 15.8. The summed E-state index contributed by atoms with van der Waals surface area (Å²) in [5, 5.41) is 25.3. The average Bonchev–Trinajstić information content (AvgIpc) is 3.26. The molecule has 0 radical (unpaired) electrons. The number of aliphatic hydroxyl groups excluding tert-OH is 2. The molecule has 5 aliphatic rings. The fraction of sp³-hybridized carbons (Fsp3) is 0.967. The van der Waals surface area contributed by atoms with Crippen LogP contribution >= 0.6 is 0 Å². The molecular weight excluding hydrogens is 514 g/mol. The molecule has 11 atom stereocenters. The number of carbonyl (C=O) groups excluding carboxylic acids is 1. The fourth-order valence-electron chi connectivity index (χ4n) is 10.7. The second-order valence-corrected chi connectivity index (χ2v) is 16.0. The van der Waals surface area contributed by atoms with E-state index in [1.807, 2.05) is 0 Å². The van der Waals surface area contributed by atoms with Crippen molar-refractivity contribution in [2.75, 3.05) is 19.6 Å². The van der Waals surface area contributed by atoms with Crippen molar-refractivity contribution in [3.63, 3.8) is 0 Å². The molecule has 4 N–H and O–H groups in total. The van der Waals surface area contributed by atoms with Crippen LogP contribution in [0.3, 0.4) is 0 Å². The zero-order chi connectivity index (χ0) is 28.2. The van der Waals surface area contributed by atoms with Gasteiger partial charge >= 0.3 is 16.2 Å². The lowest BCUT2D eigenvalue weighted by molar-refractivity contribution is -0.203. The highest BCUT2D eigenvalue weighted by Crippen LogP contribution is 2.69. The van der Waals surface area contributed by atoms with Crippen LogP contribution in [0.2, 0.25) is 0 Å². The summed E-state index contributed by atoms with van der Waals surface area (Å²) in [5.41, 5.74) is 0.295. The number of urea groups is 1. The molecule has 39 heavy (non-hydrogen) atoms. The molecule has 0 spiro atoms. The van der Waals surface area contributed by atoms with Crippen molar-refractivity contribution in [2.45, 2.75) is 111 Å². The highest BCUT2D eigenvalue weighted by atomic mass is 32.2. The first kappa shape index (κ1) is 29.6. The standard InChI is InChI=1S/C30H53N3O5S/c1-5-21-25-17-20(34)11-13-30(25,4)24-12-14-29(3)22(9-10-23(29)26(24)27(21)35)19(2)18-31-28(36)32-39(37,38)33-15-7-6-8-16-33/h19-27,34-35H,5-18H2,1-4H3,(H2,31,32,36)/t19-,20-,21-,22-,23+,24+,25+,26+,27-,29-,30-/m1/s1. The van der Waals surface area contributed by atoms with E-state index in [-0.39, 0.29) is 34.9 Å². The summed E-state index contributed by atoms with van der Waals surface area (Å²) in [7, 11) is -3.80. The van der Waals surface area contributed by atoms with Crippen molar-refractivity contribution < 1.29 is 23.4 Å². The van der Waals surface area contributed by atoms with E-state index < -0.39 is 16.2 Å². The molecule has 5 fully saturated rings. The van der Waals surface area contributed by atoms with Gasteiger partial charge in [-0.05, 0) is 110 Å². The van der Waals surface area contributed by atoms with E-state index >= 15 is 0 Å². The molecule has 9 heteroatoms. The topological polar surface area (TPSA) is 119 Å². The van der Waals surface area contributed by atoms with Crippen LogP contribution in [0.4, 0.5) is 4.79 Å². The molecule has 5 rings (SSSR count). The third-order valence-electron chi connectivity index (χ3n) is 12.6. The highest BCUT2D eigenvalue weighted by molar-refractivity contribution is 7.87. The zero-order valence-corrected chi connectivity index (χ0v) is 25.4. The highest BCUT2D eigenvalue weighted by Gasteiger charge is 2.64. The first-order valence-corrected chi connectivity index (χ1v) is 17.3. The van der Waals surface area contributed by atoms with Crippen LogP contribution in [0.15, 0.2) is 0 Å². The Morgan fingerprint density at radius 1 is 0.974 bits per heavy atom. The summed E-state index contributed by atoms with van der Waals surface area (Å²) in [4.78, 5) is 12.6. The summed E-state index contributed by atoms with van der Waals surface area (Å²) < 4.78 is 28.8. The van der Waals surface area contributed by atoms with Crippen LogP contribution in [-0.4, -0.2) is 60.8 Å². The maximum absolute atomic E-state index is 12.6. The Bertz CT molecular complexity index is 1000. The molecule has 0 unspecified atom stereocenters. The van der Waals surface area contributed by atoms with Crippen LogP contribution < -0.4 is 10.0 Å². The van der Waals surface area contributed by atoms with E-state index in [9.17, 15) is 23.4 Å². The normalized spacial score (nSPS) is 45.5. The maximum Gasteiger partial charge on any atom is 0.329 e. The van der Waals surface area contributed by atoms with Crippen LogP contribution in [0.5, 0.6) is 0 Å². The smallest absolute Gasteiger partial charge is 0.329 e. The predicted octanol–water partition coefficient (Wildman–Crippen LogP) is 4.28. The molecule has 0 aromatic rings. The minimum absolute atomic E-state index is 0.106. The Kier molecular flexibility index (Phi) is 8.40. The van der Waals surface area contributed by atoms with Crippen molar-refractivity contribution in [3.8, 4) is 0 Å². The van der Waals surface area contributed by atoms with Gasteiger partial charge in [0.25, 0.3) is 0 Å². The third-order valence-corrected chi connectivity index (χ3v) is 14.1. The largest absolute Gasteiger partial charge is 0.393 e. The van der Waals surface area contributed by atoms with Crippen LogP contribution in [0.1, 0.15) is 98.3 Å². The number of carbonyl (C=O) groups is 1. The van der Waals surface area contributed by atoms with Gasteiger partial charge in [0.2, 0.25) is 0 Å². The summed E-state index contributed by atoms with van der Waals surface area (Å²) in [6.45, 7) is 10.7. The molecule has 1 heterocycles. The SMILES string of the molecule is CC[C@H]1[C@@H](O)[C@@H]2[C@H](CC[C@]3(C)[C@@H]([C@H](C)CNC(=O)NS(=O)(=O)N4CCCCC4)CC[C@@H]23)[C@@]2(C)CC[C@@H](O)C[C@@H]12. The molecule has 224 valence electrons. The van der Waals surface area contributed by atoms with Gasteiger partial charge in [-0.2, -0.15) is 12.7 Å². The van der Waals surface area contributed by atoms with Crippen molar-refractivity contribution in [2.24, 2.45) is 52.3 Å². The Morgan fingerprint density at radius 3 is 2.33 bits per heavy atom. The van der Waals surface area contributed by atoms with Crippen LogP contribution in [0.25, 0.3) is 0 Å². The third kappa shape index (κ3) is 5.16. The van der Waals surface area contributed by atoms with Crippen LogP contribution in [-0.2, 0) is 10.2 Å². The summed E-state index contributed by atoms with van der Waals surface area (Å²) in [6, 6.07) is -0.636. The molecule has 2 amide bonds. The minimum atomic E-state index is -3.80. The number of aliphatic hydroxyl groups is 2. The Balaban J connectivity index is 1.25. The summed E-state index contributed by atoms with van der Waals surface area (Å²) in [6.07, 6.45) is 10.3. The molecule has 0 aromatic carbocycles. The van der Waals surface area contributed by atoms with E-state index in [2.05, 4.69) is 37.7 Å². The minimum Gasteiger partial charge on any atom is -0.393 e. The van der Waals surface area contributed by atoms with Gasteiger partial charge in [-0.1, -0.05) is 40.5 Å². The van der Waals surface area contributed by atoms with Gasteiger partial charge < -0.3 is 15.5 Å². The quantitative estimate of drug-likeness (QED) is 0.382. The molecule has 0 aromatic heterocycles. The number of nitrogens with zero attached hydrogens (tertiary/aromatic N) is 1. The van der Waals surface area contributed by atoms with Crippen LogP contribution in [0, 0.1) is 52.3 Å². The number of hydrogen-bond acceptors (Lipinski definition) is 5. The monoisotopic (exact) mass is 567 g/mol. The second kappa shape index (κ2) is 11.1. The van der Waals surface area contributed by atoms with E-state index in [0.29, 0.717) is 49.2 Å². The number of nitrogens with one attached hydrogen (secondary N) is 2. The maximum atomic E-state index is 12.6. The van der Waals surface area contributed by atoms with Gasteiger partial charge in [0.1, 0.15) is 0 Å². The molecule has 1 aliphatic heterocycles. The number of fused-ring (bicyclic) bond motifs is 5. The predicted molar refractivity (Wildman–Crippen MR) is 152 cm³/mol. The fourth-order valence-corrected chi connectivity index (χ4v) is 11.8. The molecule has 4 aliphatic carbocycles.